The molecule has 18 heavy (non-hydrogen) atoms. The van der Waals surface area contributed by atoms with Crippen molar-refractivity contribution < 1.29 is 9.53 Å². The Bertz CT molecular complexity index is 374. The van der Waals surface area contributed by atoms with E-state index >= 15 is 0 Å². The molecular formula is C14H22N2O2. The van der Waals surface area contributed by atoms with Gasteiger partial charge in [0.25, 0.3) is 5.91 Å². The van der Waals surface area contributed by atoms with Crippen molar-refractivity contribution in [3.63, 3.8) is 0 Å². The predicted octanol–water partition coefficient (Wildman–Crippen LogP) is 2.01. The number of rotatable bonds is 6. The van der Waals surface area contributed by atoms with Crippen LogP contribution in [0.1, 0.15) is 24.2 Å². The summed E-state index contributed by atoms with van der Waals surface area (Å²) in [7, 11) is 1.64. The molecule has 1 rings (SSSR count). The first-order valence-corrected chi connectivity index (χ1v) is 6.18. The Morgan fingerprint density at radius 1 is 1.33 bits per heavy atom. The Morgan fingerprint density at radius 3 is 2.44 bits per heavy atom. The fraction of sp³-hybridized carbons (Fsp3) is 0.500. The molecule has 100 valence electrons. The van der Waals surface area contributed by atoms with Crippen molar-refractivity contribution in [3.8, 4) is 0 Å². The molecule has 0 aliphatic carbocycles. The number of carbonyl (C=O) groups is 1. The van der Waals surface area contributed by atoms with E-state index in [9.17, 15) is 4.79 Å². The molecule has 0 spiro atoms. The van der Waals surface area contributed by atoms with Gasteiger partial charge in [0, 0.05) is 31.5 Å². The van der Waals surface area contributed by atoms with Crippen LogP contribution in [-0.2, 0) is 4.74 Å². The van der Waals surface area contributed by atoms with E-state index in [-0.39, 0.29) is 5.91 Å². The summed E-state index contributed by atoms with van der Waals surface area (Å²) < 4.78 is 5.05. The maximum atomic E-state index is 12.3. The number of methoxy groups -OCH3 is 1. The van der Waals surface area contributed by atoms with E-state index in [4.69, 9.17) is 10.5 Å². The van der Waals surface area contributed by atoms with E-state index in [0.29, 0.717) is 30.3 Å². The number of hydrogen-bond donors (Lipinski definition) is 1. The second kappa shape index (κ2) is 7.01. The Kier molecular flexibility index (Phi) is 5.65. The molecular weight excluding hydrogens is 228 g/mol. The SMILES string of the molecule is COCCN(CC(C)C)C(=O)c1ccc(N)cc1. The first-order chi connectivity index (χ1) is 8.54. The number of nitrogen functional groups attached to an aromatic ring is 1. The summed E-state index contributed by atoms with van der Waals surface area (Å²) in [6, 6.07) is 7.02. The molecule has 0 radical (unpaired) electrons. The van der Waals surface area contributed by atoms with Gasteiger partial charge in [-0.2, -0.15) is 0 Å². The fourth-order valence-corrected chi connectivity index (χ4v) is 1.73. The minimum atomic E-state index is 0.0285. The Labute approximate surface area is 109 Å². The zero-order chi connectivity index (χ0) is 13.5. The molecule has 0 saturated carbocycles. The maximum Gasteiger partial charge on any atom is 0.253 e. The summed E-state index contributed by atoms with van der Waals surface area (Å²) in [6.07, 6.45) is 0. The molecule has 0 fully saturated rings. The highest BCUT2D eigenvalue weighted by molar-refractivity contribution is 5.94. The number of anilines is 1. The van der Waals surface area contributed by atoms with Crippen LogP contribution in [0.3, 0.4) is 0 Å². The second-order valence-electron chi connectivity index (χ2n) is 4.76. The van der Waals surface area contributed by atoms with Gasteiger partial charge in [-0.1, -0.05) is 13.8 Å². The predicted molar refractivity (Wildman–Crippen MR) is 73.5 cm³/mol. The summed E-state index contributed by atoms with van der Waals surface area (Å²) in [4.78, 5) is 14.1. The normalized spacial score (nSPS) is 10.7. The minimum Gasteiger partial charge on any atom is -0.399 e. The van der Waals surface area contributed by atoms with Crippen LogP contribution < -0.4 is 5.73 Å². The summed E-state index contributed by atoms with van der Waals surface area (Å²) in [5.74, 6) is 0.459. The first kappa shape index (κ1) is 14.5. The third kappa shape index (κ3) is 4.37. The molecule has 0 heterocycles. The van der Waals surface area contributed by atoms with Crippen molar-refractivity contribution in [1.29, 1.82) is 0 Å². The van der Waals surface area contributed by atoms with Crippen molar-refractivity contribution in [2.24, 2.45) is 5.92 Å². The highest BCUT2D eigenvalue weighted by Gasteiger charge is 2.16. The highest BCUT2D eigenvalue weighted by Crippen LogP contribution is 2.10. The quantitative estimate of drug-likeness (QED) is 0.786. The average Bonchev–Trinajstić information content (AvgIpc) is 2.34. The standard InChI is InChI=1S/C14H22N2O2/c1-11(2)10-16(8-9-18-3)14(17)12-4-6-13(15)7-5-12/h4-7,11H,8-10,15H2,1-3H3. The molecule has 1 aromatic carbocycles. The van der Waals surface area contributed by atoms with Crippen LogP contribution >= 0.6 is 0 Å². The van der Waals surface area contributed by atoms with Crippen LogP contribution in [0.15, 0.2) is 24.3 Å². The Balaban J connectivity index is 2.77. The fourth-order valence-electron chi connectivity index (χ4n) is 1.73. The van der Waals surface area contributed by atoms with Gasteiger partial charge in [0.1, 0.15) is 0 Å². The summed E-state index contributed by atoms with van der Waals surface area (Å²) in [5, 5.41) is 0. The van der Waals surface area contributed by atoms with E-state index in [1.807, 2.05) is 4.90 Å². The van der Waals surface area contributed by atoms with E-state index < -0.39 is 0 Å². The van der Waals surface area contributed by atoms with Crippen molar-refractivity contribution in [3.05, 3.63) is 29.8 Å². The molecule has 0 aliphatic rings. The molecule has 0 bridgehead atoms. The van der Waals surface area contributed by atoms with E-state index in [0.717, 1.165) is 6.54 Å². The molecule has 2 N–H and O–H groups in total. The number of nitrogens with two attached hydrogens (primary N) is 1. The largest absolute Gasteiger partial charge is 0.399 e. The minimum absolute atomic E-state index is 0.0285. The summed E-state index contributed by atoms with van der Waals surface area (Å²) in [5.41, 5.74) is 6.95. The van der Waals surface area contributed by atoms with Gasteiger partial charge in [0.15, 0.2) is 0 Å². The second-order valence-corrected chi connectivity index (χ2v) is 4.76. The zero-order valence-corrected chi connectivity index (χ0v) is 11.3. The first-order valence-electron chi connectivity index (χ1n) is 6.18. The van der Waals surface area contributed by atoms with Gasteiger partial charge in [-0.05, 0) is 30.2 Å². The average molecular weight is 250 g/mol. The van der Waals surface area contributed by atoms with E-state index in [2.05, 4.69) is 13.8 Å². The number of ether oxygens (including phenoxy) is 1. The van der Waals surface area contributed by atoms with Crippen molar-refractivity contribution in [1.82, 2.24) is 4.90 Å². The lowest BCUT2D eigenvalue weighted by atomic mass is 10.1. The summed E-state index contributed by atoms with van der Waals surface area (Å²) >= 11 is 0. The zero-order valence-electron chi connectivity index (χ0n) is 11.3. The third-order valence-corrected chi connectivity index (χ3v) is 2.60. The van der Waals surface area contributed by atoms with Gasteiger partial charge < -0.3 is 15.4 Å². The number of benzene rings is 1. The summed E-state index contributed by atoms with van der Waals surface area (Å²) in [6.45, 7) is 6.07. The maximum absolute atomic E-state index is 12.3. The molecule has 4 nitrogen and oxygen atoms in total. The van der Waals surface area contributed by atoms with Crippen LogP contribution in [0.5, 0.6) is 0 Å². The van der Waals surface area contributed by atoms with E-state index in [1.54, 1.807) is 31.4 Å². The molecule has 1 aromatic rings. The lowest BCUT2D eigenvalue weighted by molar-refractivity contribution is 0.0672. The molecule has 0 unspecified atom stereocenters. The van der Waals surface area contributed by atoms with Crippen molar-refractivity contribution in [2.75, 3.05) is 32.5 Å². The molecule has 0 saturated heterocycles. The molecule has 0 aromatic heterocycles. The van der Waals surface area contributed by atoms with Gasteiger partial charge in [-0.3, -0.25) is 4.79 Å². The van der Waals surface area contributed by atoms with E-state index in [1.165, 1.54) is 0 Å². The van der Waals surface area contributed by atoms with Crippen LogP contribution in [-0.4, -0.2) is 37.6 Å². The number of carbonyl (C=O) groups excluding carboxylic acids is 1. The molecule has 0 aliphatic heterocycles. The molecule has 4 heteroatoms. The van der Waals surface area contributed by atoms with Crippen LogP contribution in [0, 0.1) is 5.92 Å². The van der Waals surface area contributed by atoms with Crippen LogP contribution in [0.4, 0.5) is 5.69 Å². The monoisotopic (exact) mass is 250 g/mol. The Morgan fingerprint density at radius 2 is 1.94 bits per heavy atom. The highest BCUT2D eigenvalue weighted by atomic mass is 16.5. The Hall–Kier alpha value is -1.55. The number of amides is 1. The number of nitrogens with zero attached hydrogens (tertiary/aromatic N) is 1. The van der Waals surface area contributed by atoms with Crippen LogP contribution in [0.25, 0.3) is 0 Å². The van der Waals surface area contributed by atoms with Gasteiger partial charge in [-0.15, -0.1) is 0 Å². The van der Waals surface area contributed by atoms with Gasteiger partial charge in [-0.25, -0.2) is 0 Å². The number of hydrogen-bond acceptors (Lipinski definition) is 3. The topological polar surface area (TPSA) is 55.6 Å². The van der Waals surface area contributed by atoms with Gasteiger partial charge >= 0.3 is 0 Å². The van der Waals surface area contributed by atoms with Crippen LogP contribution in [0.2, 0.25) is 0 Å². The van der Waals surface area contributed by atoms with Crippen molar-refractivity contribution >= 4 is 11.6 Å². The lowest BCUT2D eigenvalue weighted by Crippen LogP contribution is -2.36. The lowest BCUT2D eigenvalue weighted by Gasteiger charge is -2.24. The third-order valence-electron chi connectivity index (χ3n) is 2.60. The molecule has 0 atom stereocenters. The van der Waals surface area contributed by atoms with Crippen molar-refractivity contribution in [2.45, 2.75) is 13.8 Å². The smallest absolute Gasteiger partial charge is 0.253 e. The molecule has 1 amide bonds. The van der Waals surface area contributed by atoms with Gasteiger partial charge in [0.05, 0.1) is 6.61 Å². The van der Waals surface area contributed by atoms with Gasteiger partial charge in [0.2, 0.25) is 0 Å².